The molecule has 2 N–H and O–H groups in total. The molecule has 128 valence electrons. The van der Waals surface area contributed by atoms with E-state index >= 15 is 0 Å². The van der Waals surface area contributed by atoms with Crippen molar-refractivity contribution in [3.05, 3.63) is 66.0 Å². The fraction of sp³-hybridized carbons (Fsp3) is 0.118. The second-order valence-corrected chi connectivity index (χ2v) is 7.16. The number of carbonyl (C=O) groups excluding carboxylic acids is 1. The van der Waals surface area contributed by atoms with E-state index in [1.807, 2.05) is 11.6 Å². The predicted octanol–water partition coefficient (Wildman–Crippen LogP) is 2.13. The summed E-state index contributed by atoms with van der Waals surface area (Å²) in [4.78, 5) is 20.3. The highest BCUT2D eigenvalue weighted by Crippen LogP contribution is 2.11. The summed E-state index contributed by atoms with van der Waals surface area (Å²) in [5, 5.41) is 2.52. The van der Waals surface area contributed by atoms with Gasteiger partial charge in [0.2, 0.25) is 0 Å². The molecule has 25 heavy (non-hydrogen) atoms. The number of amides is 2. The van der Waals surface area contributed by atoms with Crippen molar-refractivity contribution in [2.75, 3.05) is 0 Å². The van der Waals surface area contributed by atoms with Crippen LogP contribution in [0.2, 0.25) is 0 Å². The lowest BCUT2D eigenvalue weighted by atomic mass is 10.2. The number of urea groups is 1. The van der Waals surface area contributed by atoms with E-state index in [-0.39, 0.29) is 11.4 Å². The number of fused-ring (bicyclic) bond motifs is 1. The maximum Gasteiger partial charge on any atom is 0.328 e. The molecule has 0 atom stereocenters. The van der Waals surface area contributed by atoms with Gasteiger partial charge in [0, 0.05) is 18.9 Å². The molecule has 0 fully saturated rings. The Balaban J connectivity index is 1.64. The highest BCUT2D eigenvalue weighted by molar-refractivity contribution is 7.90. The molecular weight excluding hydrogens is 340 g/mol. The molecular formula is C17H16N4O3S. The summed E-state index contributed by atoms with van der Waals surface area (Å²) in [7, 11) is -3.90. The van der Waals surface area contributed by atoms with Gasteiger partial charge in [-0.15, -0.1) is 0 Å². The zero-order chi connectivity index (χ0) is 17.9. The summed E-state index contributed by atoms with van der Waals surface area (Å²) < 4.78 is 26.3. The molecule has 1 heterocycles. The first-order valence-corrected chi connectivity index (χ1v) is 8.99. The van der Waals surface area contributed by atoms with Gasteiger partial charge in [0.05, 0.1) is 15.9 Å². The molecule has 8 heteroatoms. The summed E-state index contributed by atoms with van der Waals surface area (Å²) in [5.41, 5.74) is 3.17. The minimum atomic E-state index is -3.90. The number of nitrogens with one attached hydrogen (secondary N) is 2. The Morgan fingerprint density at radius 2 is 1.68 bits per heavy atom. The summed E-state index contributed by atoms with van der Waals surface area (Å²) in [6.45, 7) is 2.02. The second kappa shape index (κ2) is 6.86. The molecule has 1 aromatic heterocycles. The SMILES string of the molecule is Cc1ccc(S(=O)(=O)NC(=O)NCc2ccc3nccnc3c2)cc1. The third kappa shape index (κ3) is 4.10. The van der Waals surface area contributed by atoms with Crippen LogP contribution in [0, 0.1) is 6.92 Å². The molecule has 0 aliphatic rings. The van der Waals surface area contributed by atoms with Gasteiger partial charge in [0.1, 0.15) is 0 Å². The standard InChI is InChI=1S/C17H16N4O3S/c1-12-2-5-14(6-3-12)25(23,24)21-17(22)20-11-13-4-7-15-16(10-13)19-9-8-18-15/h2-10H,11H2,1H3,(H2,20,21,22). The topological polar surface area (TPSA) is 101 Å². The number of rotatable bonds is 4. The van der Waals surface area contributed by atoms with Crippen molar-refractivity contribution >= 4 is 27.1 Å². The van der Waals surface area contributed by atoms with E-state index in [4.69, 9.17) is 0 Å². The fourth-order valence-corrected chi connectivity index (χ4v) is 3.16. The van der Waals surface area contributed by atoms with E-state index < -0.39 is 16.1 Å². The minimum absolute atomic E-state index is 0.0363. The molecule has 0 spiro atoms. The van der Waals surface area contributed by atoms with Crippen molar-refractivity contribution in [2.45, 2.75) is 18.4 Å². The summed E-state index contributed by atoms with van der Waals surface area (Å²) in [5.74, 6) is 0. The number of benzene rings is 2. The minimum Gasteiger partial charge on any atom is -0.333 e. The molecule has 3 rings (SSSR count). The van der Waals surface area contributed by atoms with E-state index in [0.717, 1.165) is 16.6 Å². The number of aryl methyl sites for hydroxylation is 1. The zero-order valence-corrected chi connectivity index (χ0v) is 14.2. The summed E-state index contributed by atoms with van der Waals surface area (Å²) >= 11 is 0. The van der Waals surface area contributed by atoms with Crippen LogP contribution in [-0.4, -0.2) is 24.4 Å². The van der Waals surface area contributed by atoms with E-state index in [0.29, 0.717) is 5.52 Å². The molecule has 0 bridgehead atoms. The molecule has 7 nitrogen and oxygen atoms in total. The first kappa shape index (κ1) is 16.8. The Morgan fingerprint density at radius 1 is 1.00 bits per heavy atom. The Kier molecular flexibility index (Phi) is 4.62. The van der Waals surface area contributed by atoms with Gasteiger partial charge in [0.15, 0.2) is 0 Å². The maximum atomic E-state index is 12.1. The van der Waals surface area contributed by atoms with Gasteiger partial charge in [-0.2, -0.15) is 0 Å². The fourth-order valence-electron chi connectivity index (χ4n) is 2.24. The average molecular weight is 356 g/mol. The van der Waals surface area contributed by atoms with Gasteiger partial charge in [-0.05, 0) is 36.8 Å². The van der Waals surface area contributed by atoms with Crippen LogP contribution >= 0.6 is 0 Å². The quantitative estimate of drug-likeness (QED) is 0.746. The third-order valence-corrected chi connectivity index (χ3v) is 4.89. The highest BCUT2D eigenvalue weighted by Gasteiger charge is 2.17. The highest BCUT2D eigenvalue weighted by atomic mass is 32.2. The van der Waals surface area contributed by atoms with Crippen molar-refractivity contribution in [1.82, 2.24) is 20.0 Å². The molecule has 0 aliphatic carbocycles. The smallest absolute Gasteiger partial charge is 0.328 e. The van der Waals surface area contributed by atoms with Gasteiger partial charge >= 0.3 is 6.03 Å². The number of nitrogens with zero attached hydrogens (tertiary/aromatic N) is 2. The Labute approximate surface area is 145 Å². The largest absolute Gasteiger partial charge is 0.333 e. The number of carbonyl (C=O) groups is 1. The Morgan fingerprint density at radius 3 is 2.40 bits per heavy atom. The van der Waals surface area contributed by atoms with Gasteiger partial charge in [-0.25, -0.2) is 17.9 Å². The van der Waals surface area contributed by atoms with E-state index in [1.165, 1.54) is 12.1 Å². The van der Waals surface area contributed by atoms with Gasteiger partial charge < -0.3 is 5.32 Å². The average Bonchev–Trinajstić information content (AvgIpc) is 2.60. The predicted molar refractivity (Wildman–Crippen MR) is 93.3 cm³/mol. The lowest BCUT2D eigenvalue weighted by Gasteiger charge is -2.09. The molecule has 0 saturated heterocycles. The van der Waals surface area contributed by atoms with Crippen LogP contribution in [0.5, 0.6) is 0 Å². The molecule has 0 unspecified atom stereocenters. The van der Waals surface area contributed by atoms with Crippen molar-refractivity contribution in [2.24, 2.45) is 0 Å². The maximum absolute atomic E-state index is 12.1. The lowest BCUT2D eigenvalue weighted by Crippen LogP contribution is -2.39. The first-order valence-electron chi connectivity index (χ1n) is 7.51. The first-order chi connectivity index (χ1) is 11.9. The van der Waals surface area contributed by atoms with Crippen molar-refractivity contribution in [1.29, 1.82) is 0 Å². The number of sulfonamides is 1. The van der Waals surface area contributed by atoms with Gasteiger partial charge in [0.25, 0.3) is 10.0 Å². The monoisotopic (exact) mass is 356 g/mol. The molecule has 0 aliphatic heterocycles. The number of hydrogen-bond donors (Lipinski definition) is 2. The lowest BCUT2D eigenvalue weighted by molar-refractivity contribution is 0.245. The Bertz CT molecular complexity index is 1020. The van der Waals surface area contributed by atoms with E-state index in [2.05, 4.69) is 15.3 Å². The zero-order valence-electron chi connectivity index (χ0n) is 13.4. The van der Waals surface area contributed by atoms with Crippen molar-refractivity contribution < 1.29 is 13.2 Å². The van der Waals surface area contributed by atoms with Gasteiger partial charge in [-0.3, -0.25) is 9.97 Å². The van der Waals surface area contributed by atoms with Crippen LogP contribution in [0.4, 0.5) is 4.79 Å². The van der Waals surface area contributed by atoms with Crippen LogP contribution in [0.15, 0.2) is 59.8 Å². The van der Waals surface area contributed by atoms with E-state index in [1.54, 1.807) is 42.7 Å². The van der Waals surface area contributed by atoms with Crippen LogP contribution < -0.4 is 10.0 Å². The van der Waals surface area contributed by atoms with Crippen LogP contribution in [0.1, 0.15) is 11.1 Å². The molecule has 0 saturated carbocycles. The molecule has 2 amide bonds. The molecule has 3 aromatic rings. The Hall–Kier alpha value is -3.00. The van der Waals surface area contributed by atoms with Crippen LogP contribution in [0.3, 0.4) is 0 Å². The number of aromatic nitrogens is 2. The van der Waals surface area contributed by atoms with Gasteiger partial charge in [-0.1, -0.05) is 23.8 Å². The summed E-state index contributed by atoms with van der Waals surface area (Å²) in [6.07, 6.45) is 3.18. The summed E-state index contributed by atoms with van der Waals surface area (Å²) in [6, 6.07) is 10.8. The van der Waals surface area contributed by atoms with Crippen molar-refractivity contribution in [3.8, 4) is 0 Å². The van der Waals surface area contributed by atoms with Crippen LogP contribution in [0.25, 0.3) is 11.0 Å². The third-order valence-electron chi connectivity index (χ3n) is 3.55. The number of hydrogen-bond acceptors (Lipinski definition) is 5. The van der Waals surface area contributed by atoms with Crippen molar-refractivity contribution in [3.63, 3.8) is 0 Å². The normalized spacial score (nSPS) is 11.2. The van der Waals surface area contributed by atoms with Crippen LogP contribution in [-0.2, 0) is 16.6 Å². The second-order valence-electron chi connectivity index (χ2n) is 5.48. The van der Waals surface area contributed by atoms with E-state index in [9.17, 15) is 13.2 Å². The molecule has 2 aromatic carbocycles. The molecule has 0 radical (unpaired) electrons.